The second kappa shape index (κ2) is 5.07. The van der Waals surface area contributed by atoms with E-state index in [1.807, 2.05) is 0 Å². The van der Waals surface area contributed by atoms with Crippen LogP contribution in [0.1, 0.15) is 20.1 Å². The highest BCUT2D eigenvalue weighted by molar-refractivity contribution is 5.23. The molecule has 0 aromatic carbocycles. The molecule has 100 valence electrons. The number of aromatic nitrogens is 2. The summed E-state index contributed by atoms with van der Waals surface area (Å²) < 4.78 is 12.5. The maximum absolute atomic E-state index is 11.8. The van der Waals surface area contributed by atoms with Gasteiger partial charge in [0.2, 0.25) is 0 Å². The lowest BCUT2D eigenvalue weighted by molar-refractivity contribution is -0.0456. The Morgan fingerprint density at radius 3 is 2.83 bits per heavy atom. The predicted molar refractivity (Wildman–Crippen MR) is 67.0 cm³/mol. The van der Waals surface area contributed by atoms with Crippen LogP contribution in [0.4, 0.5) is 5.82 Å². The predicted octanol–water partition coefficient (Wildman–Crippen LogP) is 0.641. The minimum atomic E-state index is -0.378. The van der Waals surface area contributed by atoms with Crippen molar-refractivity contribution < 1.29 is 9.47 Å². The first-order valence-corrected chi connectivity index (χ1v) is 6.03. The molecule has 2 rings (SSSR count). The summed E-state index contributed by atoms with van der Waals surface area (Å²) in [6.45, 7) is 4.69. The summed E-state index contributed by atoms with van der Waals surface area (Å²) in [5.74, 6) is 0.760. The van der Waals surface area contributed by atoms with Crippen LogP contribution in [0.2, 0.25) is 0 Å². The number of nitrogens with two attached hydrogens (primary N) is 1. The maximum atomic E-state index is 11.8. The van der Waals surface area contributed by atoms with Gasteiger partial charge in [0.1, 0.15) is 12.0 Å². The van der Waals surface area contributed by atoms with Crippen molar-refractivity contribution in [2.45, 2.75) is 26.2 Å². The zero-order valence-corrected chi connectivity index (χ0v) is 10.9. The lowest BCUT2D eigenvalue weighted by Crippen LogP contribution is -2.29. The number of ether oxygens (including phenoxy) is 2. The highest BCUT2D eigenvalue weighted by Crippen LogP contribution is 2.38. The summed E-state index contributed by atoms with van der Waals surface area (Å²) in [5.41, 5.74) is 5.10. The van der Waals surface area contributed by atoms with Crippen LogP contribution in [-0.4, -0.2) is 29.4 Å². The average molecular weight is 253 g/mol. The summed E-state index contributed by atoms with van der Waals surface area (Å²) in [6.07, 6.45) is 1.33. The third kappa shape index (κ3) is 2.26. The Morgan fingerprint density at radius 1 is 1.50 bits per heavy atom. The van der Waals surface area contributed by atoms with Crippen LogP contribution in [0.5, 0.6) is 0 Å². The van der Waals surface area contributed by atoms with Gasteiger partial charge >= 0.3 is 5.69 Å². The van der Waals surface area contributed by atoms with Crippen LogP contribution in [-0.2, 0) is 9.47 Å². The van der Waals surface area contributed by atoms with Crippen molar-refractivity contribution in [1.82, 2.24) is 9.55 Å². The number of hydrogen-bond donors (Lipinski definition) is 1. The van der Waals surface area contributed by atoms with Crippen LogP contribution in [0.15, 0.2) is 17.1 Å². The fraction of sp³-hybridized carbons (Fsp3) is 0.667. The Balaban J connectivity index is 2.26. The van der Waals surface area contributed by atoms with E-state index in [-0.39, 0.29) is 29.8 Å². The molecule has 18 heavy (non-hydrogen) atoms. The molecule has 2 N–H and O–H groups in total. The van der Waals surface area contributed by atoms with Gasteiger partial charge in [-0.05, 0) is 12.0 Å². The zero-order chi connectivity index (χ0) is 13.3. The number of nitrogen functional groups attached to an aromatic ring is 1. The van der Waals surface area contributed by atoms with E-state index in [4.69, 9.17) is 15.2 Å². The molecule has 1 aromatic rings. The summed E-state index contributed by atoms with van der Waals surface area (Å²) in [6, 6.07) is 1.60. The normalized spacial score (nSPS) is 31.7. The Morgan fingerprint density at radius 2 is 2.22 bits per heavy atom. The van der Waals surface area contributed by atoms with Gasteiger partial charge in [-0.15, -0.1) is 0 Å². The van der Waals surface area contributed by atoms with Crippen molar-refractivity contribution >= 4 is 5.82 Å². The first-order valence-electron chi connectivity index (χ1n) is 6.03. The summed E-state index contributed by atoms with van der Waals surface area (Å²) in [5, 5.41) is 0. The van der Waals surface area contributed by atoms with E-state index < -0.39 is 0 Å². The van der Waals surface area contributed by atoms with Crippen molar-refractivity contribution in [3.63, 3.8) is 0 Å². The van der Waals surface area contributed by atoms with E-state index >= 15 is 0 Å². The second-order valence-corrected chi connectivity index (χ2v) is 4.78. The fourth-order valence-corrected chi connectivity index (χ4v) is 2.32. The van der Waals surface area contributed by atoms with Crippen molar-refractivity contribution in [3.05, 3.63) is 22.7 Å². The highest BCUT2D eigenvalue weighted by Gasteiger charge is 2.40. The summed E-state index contributed by atoms with van der Waals surface area (Å²) in [7, 11) is 1.64. The molecule has 2 heterocycles. The van der Waals surface area contributed by atoms with Gasteiger partial charge in [-0.1, -0.05) is 13.8 Å². The molecule has 1 saturated heterocycles. The molecular weight excluding hydrogens is 234 g/mol. The molecule has 1 aliphatic heterocycles. The summed E-state index contributed by atoms with van der Waals surface area (Å²) >= 11 is 0. The average Bonchev–Trinajstić information content (AvgIpc) is 2.58. The molecule has 0 bridgehead atoms. The van der Waals surface area contributed by atoms with E-state index in [1.54, 1.807) is 19.4 Å². The molecule has 1 fully saturated rings. The highest BCUT2D eigenvalue weighted by atomic mass is 16.5. The molecule has 0 radical (unpaired) electrons. The molecule has 1 aliphatic rings. The van der Waals surface area contributed by atoms with Gasteiger partial charge in [0.05, 0.1) is 12.7 Å². The lowest BCUT2D eigenvalue weighted by atomic mass is 9.93. The Labute approximate surface area is 106 Å². The Bertz CT molecular complexity index is 474. The molecular formula is C12H19N3O3. The zero-order valence-electron chi connectivity index (χ0n) is 10.9. The standard InChI is InChI=1S/C12H19N3O3/c1-7-8(2)11(18-9(7)6-17-3)15-5-4-10(13)14-12(15)16/h4-5,7-9,11H,6H2,1-3H3,(H2,13,14,16)/t7-,8?,9+,11+/m0/s1. The van der Waals surface area contributed by atoms with Crippen molar-refractivity contribution in [2.24, 2.45) is 11.8 Å². The van der Waals surface area contributed by atoms with E-state index in [9.17, 15) is 4.79 Å². The largest absolute Gasteiger partial charge is 0.383 e. The molecule has 1 aromatic heterocycles. The number of methoxy groups -OCH3 is 1. The van der Waals surface area contributed by atoms with E-state index in [0.29, 0.717) is 12.5 Å². The van der Waals surface area contributed by atoms with Crippen LogP contribution < -0.4 is 11.4 Å². The van der Waals surface area contributed by atoms with Crippen molar-refractivity contribution in [1.29, 1.82) is 0 Å². The first kappa shape index (κ1) is 13.0. The van der Waals surface area contributed by atoms with Crippen LogP contribution in [0.3, 0.4) is 0 Å². The first-order chi connectivity index (χ1) is 8.54. The third-order valence-electron chi connectivity index (χ3n) is 3.64. The number of anilines is 1. The van der Waals surface area contributed by atoms with Gasteiger partial charge in [-0.2, -0.15) is 4.98 Å². The maximum Gasteiger partial charge on any atom is 0.351 e. The fourth-order valence-electron chi connectivity index (χ4n) is 2.32. The van der Waals surface area contributed by atoms with E-state index in [2.05, 4.69) is 18.8 Å². The van der Waals surface area contributed by atoms with Crippen LogP contribution in [0.25, 0.3) is 0 Å². The molecule has 0 amide bonds. The number of rotatable bonds is 3. The Hall–Kier alpha value is -1.40. The molecule has 0 saturated carbocycles. The van der Waals surface area contributed by atoms with E-state index in [1.165, 1.54) is 4.57 Å². The number of hydrogen-bond acceptors (Lipinski definition) is 5. The van der Waals surface area contributed by atoms with Gasteiger partial charge in [-0.3, -0.25) is 4.57 Å². The van der Waals surface area contributed by atoms with Crippen LogP contribution >= 0.6 is 0 Å². The van der Waals surface area contributed by atoms with Gasteiger partial charge in [0.25, 0.3) is 0 Å². The minimum absolute atomic E-state index is 0.000506. The molecule has 6 heteroatoms. The SMILES string of the molecule is COC[C@H]1O[C@@H](n2ccc(N)nc2=O)C(C)[C@@H]1C. The topological polar surface area (TPSA) is 79.4 Å². The Kier molecular flexibility index (Phi) is 3.68. The van der Waals surface area contributed by atoms with E-state index in [0.717, 1.165) is 0 Å². The monoisotopic (exact) mass is 253 g/mol. The van der Waals surface area contributed by atoms with Gasteiger partial charge in [0.15, 0.2) is 0 Å². The molecule has 6 nitrogen and oxygen atoms in total. The molecule has 0 aliphatic carbocycles. The smallest absolute Gasteiger partial charge is 0.351 e. The minimum Gasteiger partial charge on any atom is -0.383 e. The lowest BCUT2D eigenvalue weighted by Gasteiger charge is -2.18. The quantitative estimate of drug-likeness (QED) is 0.855. The van der Waals surface area contributed by atoms with Gasteiger partial charge in [-0.25, -0.2) is 4.79 Å². The molecule has 1 unspecified atom stereocenters. The second-order valence-electron chi connectivity index (χ2n) is 4.78. The van der Waals surface area contributed by atoms with Gasteiger partial charge < -0.3 is 15.2 Å². The third-order valence-corrected chi connectivity index (χ3v) is 3.64. The molecule has 4 atom stereocenters. The van der Waals surface area contributed by atoms with Gasteiger partial charge in [0, 0.05) is 19.2 Å². The molecule has 0 spiro atoms. The van der Waals surface area contributed by atoms with Crippen molar-refractivity contribution in [2.75, 3.05) is 19.5 Å². The van der Waals surface area contributed by atoms with Crippen LogP contribution in [0, 0.1) is 11.8 Å². The van der Waals surface area contributed by atoms with Crippen molar-refractivity contribution in [3.8, 4) is 0 Å². The number of nitrogens with zero attached hydrogens (tertiary/aromatic N) is 2. The summed E-state index contributed by atoms with van der Waals surface area (Å²) in [4.78, 5) is 15.5.